The van der Waals surface area contributed by atoms with Crippen molar-refractivity contribution in [3.8, 4) is 0 Å². The molecule has 21 heavy (non-hydrogen) atoms. The van der Waals surface area contributed by atoms with Crippen molar-refractivity contribution in [2.75, 3.05) is 11.4 Å². The lowest BCUT2D eigenvalue weighted by atomic mass is 10.1. The summed E-state index contributed by atoms with van der Waals surface area (Å²) < 4.78 is 13.8. The quantitative estimate of drug-likeness (QED) is 0.878. The van der Waals surface area contributed by atoms with Crippen LogP contribution >= 0.6 is 11.6 Å². The van der Waals surface area contributed by atoms with Gasteiger partial charge in [-0.1, -0.05) is 35.9 Å². The molecule has 0 fully saturated rings. The Hall–Kier alpha value is -2.07. The molecule has 2 aromatic carbocycles. The van der Waals surface area contributed by atoms with Gasteiger partial charge in [-0.3, -0.25) is 4.79 Å². The summed E-state index contributed by atoms with van der Waals surface area (Å²) in [6, 6.07) is 13.6. The minimum absolute atomic E-state index is 0.0268. The van der Waals surface area contributed by atoms with Crippen molar-refractivity contribution in [1.82, 2.24) is 0 Å². The normalized spacial score (nSPS) is 10.4. The molecule has 0 aliphatic rings. The van der Waals surface area contributed by atoms with Gasteiger partial charge in [0.1, 0.15) is 5.82 Å². The largest absolute Gasteiger partial charge is 0.481 e. The number of halogens is 2. The molecule has 0 atom stereocenters. The van der Waals surface area contributed by atoms with Gasteiger partial charge in [-0.15, -0.1) is 0 Å². The maximum atomic E-state index is 13.8. The summed E-state index contributed by atoms with van der Waals surface area (Å²) >= 11 is 5.97. The van der Waals surface area contributed by atoms with E-state index in [-0.39, 0.29) is 18.8 Å². The number of rotatable bonds is 6. The molecule has 110 valence electrons. The second kappa shape index (κ2) is 7.09. The summed E-state index contributed by atoms with van der Waals surface area (Å²) in [5.74, 6) is -1.20. The number of benzene rings is 2. The molecule has 0 bridgehead atoms. The number of aliphatic carboxylic acids is 1. The van der Waals surface area contributed by atoms with E-state index in [0.29, 0.717) is 17.1 Å². The van der Waals surface area contributed by atoms with Crippen LogP contribution < -0.4 is 4.90 Å². The second-order valence-electron chi connectivity index (χ2n) is 4.64. The van der Waals surface area contributed by atoms with Gasteiger partial charge in [0.05, 0.1) is 6.42 Å². The fourth-order valence-electron chi connectivity index (χ4n) is 2.04. The summed E-state index contributed by atoms with van der Waals surface area (Å²) in [5.41, 5.74) is 1.29. The predicted molar refractivity (Wildman–Crippen MR) is 81.2 cm³/mol. The van der Waals surface area contributed by atoms with Crippen LogP contribution in [0.5, 0.6) is 0 Å². The highest BCUT2D eigenvalue weighted by Crippen LogP contribution is 2.22. The number of carboxylic acids is 1. The Morgan fingerprint density at radius 1 is 1.19 bits per heavy atom. The molecule has 0 saturated heterocycles. The predicted octanol–water partition coefficient (Wildman–Crippen LogP) is 3.96. The molecule has 0 heterocycles. The molecule has 0 aliphatic heterocycles. The maximum absolute atomic E-state index is 13.8. The molecule has 0 aromatic heterocycles. The van der Waals surface area contributed by atoms with Crippen LogP contribution in [-0.2, 0) is 11.3 Å². The monoisotopic (exact) mass is 307 g/mol. The van der Waals surface area contributed by atoms with Gasteiger partial charge >= 0.3 is 5.97 Å². The maximum Gasteiger partial charge on any atom is 0.305 e. The van der Waals surface area contributed by atoms with Crippen LogP contribution in [0.15, 0.2) is 48.5 Å². The lowest BCUT2D eigenvalue weighted by Gasteiger charge is -2.24. The Kier molecular flexibility index (Phi) is 5.17. The van der Waals surface area contributed by atoms with E-state index in [1.807, 2.05) is 6.07 Å². The molecule has 0 radical (unpaired) electrons. The van der Waals surface area contributed by atoms with Crippen LogP contribution in [0.4, 0.5) is 10.1 Å². The van der Waals surface area contributed by atoms with Gasteiger partial charge in [-0.25, -0.2) is 4.39 Å². The van der Waals surface area contributed by atoms with Gasteiger partial charge in [-0.05, 0) is 24.3 Å². The van der Waals surface area contributed by atoms with Crippen LogP contribution in [0.1, 0.15) is 12.0 Å². The van der Waals surface area contributed by atoms with Gasteiger partial charge in [0.15, 0.2) is 0 Å². The summed E-state index contributed by atoms with van der Waals surface area (Å²) in [7, 11) is 0. The fraction of sp³-hybridized carbons (Fsp3) is 0.188. The number of anilines is 1. The molecule has 0 aliphatic carbocycles. The SMILES string of the molecule is O=C(O)CCN(Cc1ccccc1F)c1cccc(Cl)c1. The molecular formula is C16H15ClFNO2. The molecule has 3 nitrogen and oxygen atoms in total. The van der Waals surface area contributed by atoms with Gasteiger partial charge in [0.25, 0.3) is 0 Å². The Morgan fingerprint density at radius 3 is 2.62 bits per heavy atom. The highest BCUT2D eigenvalue weighted by molar-refractivity contribution is 6.30. The average molecular weight is 308 g/mol. The molecule has 0 amide bonds. The van der Waals surface area contributed by atoms with Crippen molar-refractivity contribution < 1.29 is 14.3 Å². The van der Waals surface area contributed by atoms with Crippen molar-refractivity contribution in [3.63, 3.8) is 0 Å². The van der Waals surface area contributed by atoms with Crippen molar-refractivity contribution >= 4 is 23.3 Å². The van der Waals surface area contributed by atoms with E-state index in [0.717, 1.165) is 5.69 Å². The van der Waals surface area contributed by atoms with Crippen molar-refractivity contribution in [1.29, 1.82) is 0 Å². The topological polar surface area (TPSA) is 40.5 Å². The van der Waals surface area contributed by atoms with Crippen molar-refractivity contribution in [2.45, 2.75) is 13.0 Å². The van der Waals surface area contributed by atoms with E-state index in [9.17, 15) is 9.18 Å². The molecule has 2 rings (SSSR count). The van der Waals surface area contributed by atoms with E-state index >= 15 is 0 Å². The van der Waals surface area contributed by atoms with Crippen LogP contribution in [-0.4, -0.2) is 17.6 Å². The first-order valence-electron chi connectivity index (χ1n) is 6.52. The first kappa shape index (κ1) is 15.3. The zero-order valence-electron chi connectivity index (χ0n) is 11.3. The molecular weight excluding hydrogens is 293 g/mol. The van der Waals surface area contributed by atoms with Crippen molar-refractivity contribution in [3.05, 3.63) is 64.9 Å². The van der Waals surface area contributed by atoms with Gasteiger partial charge < -0.3 is 10.0 Å². The lowest BCUT2D eigenvalue weighted by molar-refractivity contribution is -0.136. The minimum atomic E-state index is -0.893. The molecule has 0 spiro atoms. The summed E-state index contributed by atoms with van der Waals surface area (Å²) in [6.45, 7) is 0.574. The van der Waals surface area contributed by atoms with E-state index < -0.39 is 5.97 Å². The average Bonchev–Trinajstić information content (AvgIpc) is 2.45. The van der Waals surface area contributed by atoms with Crippen LogP contribution in [0.2, 0.25) is 5.02 Å². The number of hydrogen-bond donors (Lipinski definition) is 1. The van der Waals surface area contributed by atoms with Crippen LogP contribution in [0, 0.1) is 5.82 Å². The molecule has 0 saturated carbocycles. The summed E-state index contributed by atoms with van der Waals surface area (Å²) in [6.07, 6.45) is -0.0268. The summed E-state index contributed by atoms with van der Waals surface area (Å²) in [5, 5.41) is 9.41. The molecule has 2 aromatic rings. The number of carbonyl (C=O) groups is 1. The van der Waals surface area contributed by atoms with E-state index in [1.165, 1.54) is 6.07 Å². The Bertz CT molecular complexity index is 633. The number of nitrogens with zero attached hydrogens (tertiary/aromatic N) is 1. The van der Waals surface area contributed by atoms with Crippen LogP contribution in [0.3, 0.4) is 0 Å². The van der Waals surface area contributed by atoms with Crippen LogP contribution in [0.25, 0.3) is 0 Å². The minimum Gasteiger partial charge on any atom is -0.481 e. The lowest BCUT2D eigenvalue weighted by Crippen LogP contribution is -2.26. The first-order chi connectivity index (χ1) is 10.1. The highest BCUT2D eigenvalue weighted by atomic mass is 35.5. The molecule has 1 N–H and O–H groups in total. The standard InChI is InChI=1S/C16H15ClFNO2/c17-13-5-3-6-14(10-13)19(9-8-16(20)21)11-12-4-1-2-7-15(12)18/h1-7,10H,8-9,11H2,(H,20,21). The number of carboxylic acid groups (broad SMARTS) is 1. The van der Waals surface area contributed by atoms with Gasteiger partial charge in [0, 0.05) is 29.4 Å². The Morgan fingerprint density at radius 2 is 1.95 bits per heavy atom. The third kappa shape index (κ3) is 4.46. The second-order valence-corrected chi connectivity index (χ2v) is 5.07. The van der Waals surface area contributed by atoms with E-state index in [2.05, 4.69) is 0 Å². The third-order valence-corrected chi connectivity index (χ3v) is 3.32. The van der Waals surface area contributed by atoms with E-state index in [4.69, 9.17) is 16.7 Å². The van der Waals surface area contributed by atoms with E-state index in [1.54, 1.807) is 41.3 Å². The Labute approximate surface area is 127 Å². The van der Waals surface area contributed by atoms with Gasteiger partial charge in [0.2, 0.25) is 0 Å². The zero-order chi connectivity index (χ0) is 15.2. The zero-order valence-corrected chi connectivity index (χ0v) is 12.1. The fourth-order valence-corrected chi connectivity index (χ4v) is 2.22. The highest BCUT2D eigenvalue weighted by Gasteiger charge is 2.12. The molecule has 0 unspecified atom stereocenters. The first-order valence-corrected chi connectivity index (χ1v) is 6.90. The smallest absolute Gasteiger partial charge is 0.305 e. The number of hydrogen-bond acceptors (Lipinski definition) is 2. The Balaban J connectivity index is 2.23. The molecule has 5 heteroatoms. The summed E-state index contributed by atoms with van der Waals surface area (Å²) in [4.78, 5) is 12.6. The van der Waals surface area contributed by atoms with Gasteiger partial charge in [-0.2, -0.15) is 0 Å². The third-order valence-electron chi connectivity index (χ3n) is 3.09. The van der Waals surface area contributed by atoms with Crippen molar-refractivity contribution in [2.24, 2.45) is 0 Å².